The molecule has 126 valence electrons. The highest BCUT2D eigenvalue weighted by Gasteiger charge is 2.41. The molecule has 1 saturated heterocycles. The van der Waals surface area contributed by atoms with E-state index in [2.05, 4.69) is 35.6 Å². The zero-order chi connectivity index (χ0) is 17.2. The highest BCUT2D eigenvalue weighted by Crippen LogP contribution is 2.22. The summed E-state index contributed by atoms with van der Waals surface area (Å²) in [4.78, 5) is 23.5. The van der Waals surface area contributed by atoms with Crippen LogP contribution in [0.4, 0.5) is 0 Å². The van der Waals surface area contributed by atoms with Crippen LogP contribution in [-0.2, 0) is 6.54 Å². The molecular weight excluding hydrogens is 318 g/mol. The number of halogens is 1. The number of pyridine rings is 1. The van der Waals surface area contributed by atoms with Crippen molar-refractivity contribution in [2.24, 2.45) is 4.99 Å². The third-order valence-corrected chi connectivity index (χ3v) is 4.17. The minimum absolute atomic E-state index is 0.163. The van der Waals surface area contributed by atoms with Crippen LogP contribution in [0.1, 0.15) is 26.3 Å². The average molecular weight is 340 g/mol. The second-order valence-corrected chi connectivity index (χ2v) is 6.99. The fourth-order valence-corrected chi connectivity index (χ4v) is 2.74. The Hall–Kier alpha value is -1.73. The van der Waals surface area contributed by atoms with Crippen molar-refractivity contribution >= 4 is 17.4 Å². The number of rotatable bonds is 3. The summed E-state index contributed by atoms with van der Waals surface area (Å²) < 4.78 is 0. The van der Waals surface area contributed by atoms with Gasteiger partial charge in [0.15, 0.2) is 5.84 Å². The van der Waals surface area contributed by atoms with Crippen LogP contribution < -0.4 is 0 Å². The number of nitrogens with zero attached hydrogens (tertiary/aromatic N) is 5. The zero-order valence-electron chi connectivity index (χ0n) is 13.9. The molecule has 0 saturated carbocycles. The van der Waals surface area contributed by atoms with Crippen molar-refractivity contribution in [2.45, 2.75) is 38.9 Å². The molecule has 0 N–H and O–H groups in total. The molecule has 23 heavy (non-hydrogen) atoms. The average Bonchev–Trinajstić information content (AvgIpc) is 2.47. The standard InChI is InChI=1S/C15H22ClN5O2/c1-15(2,3)20-9-12(21(22)23)14(17-4)19(10-20)8-11-5-6-13(16)18-7-11/h5-7,12H,8-10H2,1-4H3. The Bertz CT molecular complexity index is 597. The first-order chi connectivity index (χ1) is 10.7. The molecule has 1 atom stereocenters. The first kappa shape index (κ1) is 17.6. The fraction of sp³-hybridized carbons (Fsp3) is 0.600. The molecule has 0 aliphatic carbocycles. The molecule has 0 spiro atoms. The number of nitro groups is 1. The molecule has 0 radical (unpaired) electrons. The van der Waals surface area contributed by atoms with Gasteiger partial charge in [0.2, 0.25) is 0 Å². The molecule has 2 rings (SSSR count). The van der Waals surface area contributed by atoms with E-state index in [1.165, 1.54) is 0 Å². The van der Waals surface area contributed by atoms with E-state index < -0.39 is 6.04 Å². The molecule has 1 aliphatic rings. The highest BCUT2D eigenvalue weighted by molar-refractivity contribution is 6.29. The molecule has 1 fully saturated rings. The second kappa shape index (κ2) is 6.80. The van der Waals surface area contributed by atoms with Crippen LogP contribution in [0.15, 0.2) is 23.3 Å². The minimum atomic E-state index is -0.826. The monoisotopic (exact) mass is 339 g/mol. The lowest BCUT2D eigenvalue weighted by atomic mass is 10.0. The van der Waals surface area contributed by atoms with E-state index in [0.717, 1.165) is 5.56 Å². The summed E-state index contributed by atoms with van der Waals surface area (Å²) in [6.07, 6.45) is 1.69. The number of aliphatic imine (C=N–C) groups is 1. The largest absolute Gasteiger partial charge is 0.337 e. The maximum atomic E-state index is 11.5. The van der Waals surface area contributed by atoms with Crippen molar-refractivity contribution < 1.29 is 4.92 Å². The highest BCUT2D eigenvalue weighted by atomic mass is 35.5. The van der Waals surface area contributed by atoms with Crippen LogP contribution >= 0.6 is 11.6 Å². The predicted octanol–water partition coefficient (Wildman–Crippen LogP) is 2.28. The number of hydrogen-bond acceptors (Lipinski definition) is 5. The van der Waals surface area contributed by atoms with Crippen LogP contribution in [0.25, 0.3) is 0 Å². The minimum Gasteiger partial charge on any atom is -0.337 e. The fourth-order valence-electron chi connectivity index (χ4n) is 2.63. The summed E-state index contributed by atoms with van der Waals surface area (Å²) >= 11 is 5.81. The van der Waals surface area contributed by atoms with Gasteiger partial charge in [-0.3, -0.25) is 20.0 Å². The lowest BCUT2D eigenvalue weighted by molar-refractivity contribution is -0.507. The topological polar surface area (TPSA) is 74.9 Å². The maximum absolute atomic E-state index is 11.5. The van der Waals surface area contributed by atoms with Gasteiger partial charge in [0.1, 0.15) is 5.15 Å². The lowest BCUT2D eigenvalue weighted by Gasteiger charge is -2.44. The number of aromatic nitrogens is 1. The number of hydrogen-bond donors (Lipinski definition) is 0. The van der Waals surface area contributed by atoms with Crippen LogP contribution in [-0.4, -0.2) is 57.4 Å². The summed E-state index contributed by atoms with van der Waals surface area (Å²) in [5.41, 5.74) is 0.776. The van der Waals surface area contributed by atoms with E-state index >= 15 is 0 Å². The van der Waals surface area contributed by atoms with Gasteiger partial charge in [-0.2, -0.15) is 0 Å². The van der Waals surface area contributed by atoms with Gasteiger partial charge in [-0.25, -0.2) is 4.98 Å². The van der Waals surface area contributed by atoms with Crippen molar-refractivity contribution in [3.63, 3.8) is 0 Å². The SMILES string of the molecule is CN=C1C([N+](=O)[O-])CN(C(C)(C)C)CN1Cc1ccc(Cl)nc1. The predicted molar refractivity (Wildman–Crippen MR) is 90.3 cm³/mol. The zero-order valence-corrected chi connectivity index (χ0v) is 14.6. The van der Waals surface area contributed by atoms with E-state index in [-0.39, 0.29) is 10.5 Å². The molecule has 1 aromatic heterocycles. The third kappa shape index (κ3) is 4.17. The van der Waals surface area contributed by atoms with E-state index in [0.29, 0.717) is 30.7 Å². The Kier molecular flexibility index (Phi) is 5.21. The smallest absolute Gasteiger partial charge is 0.281 e. The van der Waals surface area contributed by atoms with Crippen LogP contribution in [0.2, 0.25) is 5.15 Å². The van der Waals surface area contributed by atoms with Gasteiger partial charge in [-0.05, 0) is 32.4 Å². The van der Waals surface area contributed by atoms with E-state index in [1.54, 1.807) is 19.3 Å². The Balaban J connectivity index is 2.29. The summed E-state index contributed by atoms with van der Waals surface area (Å²) in [6.45, 7) is 7.62. The normalized spacial score (nSPS) is 21.7. The van der Waals surface area contributed by atoms with Gasteiger partial charge in [0, 0.05) is 30.3 Å². The van der Waals surface area contributed by atoms with Crippen LogP contribution in [0, 0.1) is 10.1 Å². The van der Waals surface area contributed by atoms with E-state index in [1.807, 2.05) is 11.0 Å². The molecule has 2 heterocycles. The van der Waals surface area contributed by atoms with Crippen LogP contribution in [0.5, 0.6) is 0 Å². The van der Waals surface area contributed by atoms with Crippen molar-refractivity contribution in [2.75, 3.05) is 20.3 Å². The van der Waals surface area contributed by atoms with Gasteiger partial charge in [-0.1, -0.05) is 17.7 Å². The third-order valence-electron chi connectivity index (χ3n) is 3.95. The summed E-state index contributed by atoms with van der Waals surface area (Å²) in [5, 5.41) is 11.9. The van der Waals surface area contributed by atoms with E-state index in [9.17, 15) is 10.1 Å². The Labute approximate surface area is 141 Å². The quantitative estimate of drug-likeness (QED) is 0.480. The van der Waals surface area contributed by atoms with Gasteiger partial charge in [0.25, 0.3) is 6.04 Å². The first-order valence-corrected chi connectivity index (χ1v) is 7.80. The van der Waals surface area contributed by atoms with Crippen LogP contribution in [0.3, 0.4) is 0 Å². The van der Waals surface area contributed by atoms with Crippen molar-refractivity contribution in [3.8, 4) is 0 Å². The Morgan fingerprint density at radius 3 is 2.65 bits per heavy atom. The molecule has 1 unspecified atom stereocenters. The van der Waals surface area contributed by atoms with Gasteiger partial charge >= 0.3 is 0 Å². The van der Waals surface area contributed by atoms with E-state index in [4.69, 9.17) is 11.6 Å². The summed E-state index contributed by atoms with van der Waals surface area (Å²) in [5.74, 6) is 0.505. The van der Waals surface area contributed by atoms with Gasteiger partial charge < -0.3 is 4.90 Å². The molecule has 0 amide bonds. The van der Waals surface area contributed by atoms with Crippen molar-refractivity contribution in [1.82, 2.24) is 14.8 Å². The molecule has 1 aliphatic heterocycles. The van der Waals surface area contributed by atoms with Crippen molar-refractivity contribution in [3.05, 3.63) is 39.2 Å². The number of amidine groups is 1. The Morgan fingerprint density at radius 1 is 1.48 bits per heavy atom. The second-order valence-electron chi connectivity index (χ2n) is 6.60. The molecule has 0 bridgehead atoms. The van der Waals surface area contributed by atoms with Gasteiger partial charge in [-0.15, -0.1) is 0 Å². The summed E-state index contributed by atoms with van der Waals surface area (Å²) in [6, 6.07) is 2.77. The molecule has 0 aromatic carbocycles. The van der Waals surface area contributed by atoms with Crippen molar-refractivity contribution in [1.29, 1.82) is 0 Å². The maximum Gasteiger partial charge on any atom is 0.281 e. The molecular formula is C15H22ClN5O2. The lowest BCUT2D eigenvalue weighted by Crippen LogP contribution is -2.62. The first-order valence-electron chi connectivity index (χ1n) is 7.43. The van der Waals surface area contributed by atoms with Gasteiger partial charge in [0.05, 0.1) is 13.2 Å². The molecule has 1 aromatic rings. The summed E-state index contributed by atoms with van der Waals surface area (Å²) in [7, 11) is 1.60. The molecule has 7 nitrogen and oxygen atoms in total. The molecule has 8 heteroatoms. The Morgan fingerprint density at radius 2 is 2.17 bits per heavy atom.